The highest BCUT2D eigenvalue weighted by Gasteiger charge is 2.16. The van der Waals surface area contributed by atoms with Crippen molar-refractivity contribution in [1.82, 2.24) is 0 Å². The first-order valence-corrected chi connectivity index (χ1v) is 10.5. The highest BCUT2D eigenvalue weighted by molar-refractivity contribution is 5.65. The Morgan fingerprint density at radius 3 is 2.14 bits per heavy atom. The Labute approximate surface area is 166 Å². The largest absolute Gasteiger partial charge is 0.491 e. The van der Waals surface area contributed by atoms with Gasteiger partial charge in [0.2, 0.25) is 0 Å². The first-order chi connectivity index (χ1) is 13.6. The van der Waals surface area contributed by atoms with Gasteiger partial charge in [-0.3, -0.25) is 0 Å². The van der Waals surface area contributed by atoms with Crippen molar-refractivity contribution in [3.8, 4) is 16.9 Å². The average Bonchev–Trinajstić information content (AvgIpc) is 2.69. The van der Waals surface area contributed by atoms with Crippen LogP contribution in [-0.2, 0) is 6.42 Å². The minimum absolute atomic E-state index is 0.0724. The molecule has 0 N–H and O–H groups in total. The Morgan fingerprint density at radius 1 is 0.750 bits per heavy atom. The third kappa shape index (κ3) is 6.29. The fraction of sp³-hybridized carbons (Fsp3) is 0.500. The fourth-order valence-corrected chi connectivity index (χ4v) is 3.24. The first-order valence-electron chi connectivity index (χ1n) is 10.5. The van der Waals surface area contributed by atoms with Gasteiger partial charge in [0, 0.05) is 5.56 Å². The van der Waals surface area contributed by atoms with Crippen molar-refractivity contribution in [3.05, 3.63) is 53.3 Å². The summed E-state index contributed by atoms with van der Waals surface area (Å²) in [5.41, 5.74) is 0.762. The van der Waals surface area contributed by atoms with Crippen LogP contribution in [0.4, 0.5) is 13.2 Å². The molecule has 0 atom stereocenters. The number of unbranched alkanes of at least 4 members (excludes halogenated alkanes) is 6. The summed E-state index contributed by atoms with van der Waals surface area (Å²) in [6, 6.07) is 7.41. The Kier molecular flexibility index (Phi) is 9.39. The number of rotatable bonds is 12. The van der Waals surface area contributed by atoms with Gasteiger partial charge < -0.3 is 4.74 Å². The van der Waals surface area contributed by atoms with E-state index in [0.717, 1.165) is 51.4 Å². The van der Waals surface area contributed by atoms with E-state index in [-0.39, 0.29) is 11.3 Å². The van der Waals surface area contributed by atoms with Gasteiger partial charge in [0.05, 0.1) is 6.61 Å². The van der Waals surface area contributed by atoms with Crippen molar-refractivity contribution in [3.63, 3.8) is 0 Å². The summed E-state index contributed by atoms with van der Waals surface area (Å²) in [5.74, 6) is -2.16. The maximum absolute atomic E-state index is 14.5. The zero-order valence-corrected chi connectivity index (χ0v) is 17.0. The number of hydrogen-bond donors (Lipinski definition) is 0. The number of aryl methyl sites for hydroxylation is 1. The molecule has 0 aliphatic heterocycles. The van der Waals surface area contributed by atoms with Crippen molar-refractivity contribution >= 4 is 0 Å². The van der Waals surface area contributed by atoms with E-state index >= 15 is 0 Å². The van der Waals surface area contributed by atoms with E-state index in [2.05, 4.69) is 13.8 Å². The summed E-state index contributed by atoms with van der Waals surface area (Å²) in [5, 5.41) is 0. The van der Waals surface area contributed by atoms with E-state index < -0.39 is 17.5 Å². The minimum atomic E-state index is -0.916. The third-order valence-electron chi connectivity index (χ3n) is 4.96. The molecule has 154 valence electrons. The van der Waals surface area contributed by atoms with E-state index in [0.29, 0.717) is 24.2 Å². The van der Waals surface area contributed by atoms with Crippen LogP contribution >= 0.6 is 0 Å². The summed E-state index contributed by atoms with van der Waals surface area (Å²) in [4.78, 5) is 0. The second kappa shape index (κ2) is 11.8. The topological polar surface area (TPSA) is 9.23 Å². The van der Waals surface area contributed by atoms with Crippen LogP contribution < -0.4 is 4.74 Å². The van der Waals surface area contributed by atoms with Crippen molar-refractivity contribution in [2.24, 2.45) is 0 Å². The number of halogens is 3. The normalized spacial score (nSPS) is 11.0. The zero-order chi connectivity index (χ0) is 20.4. The smallest absolute Gasteiger partial charge is 0.166 e. The van der Waals surface area contributed by atoms with Crippen LogP contribution in [0.5, 0.6) is 5.75 Å². The van der Waals surface area contributed by atoms with E-state index in [1.807, 2.05) is 0 Å². The summed E-state index contributed by atoms with van der Waals surface area (Å²) in [6.07, 6.45) is 8.72. The maximum Gasteiger partial charge on any atom is 0.166 e. The van der Waals surface area contributed by atoms with Gasteiger partial charge in [-0.2, -0.15) is 0 Å². The molecule has 0 bridgehead atoms. The molecule has 0 aromatic heterocycles. The average molecular weight is 393 g/mol. The van der Waals surface area contributed by atoms with Gasteiger partial charge in [0.1, 0.15) is 0 Å². The van der Waals surface area contributed by atoms with Gasteiger partial charge in [-0.05, 0) is 42.5 Å². The molecule has 4 heteroatoms. The molecule has 0 amide bonds. The van der Waals surface area contributed by atoms with Crippen LogP contribution in [0.25, 0.3) is 11.1 Å². The lowest BCUT2D eigenvalue weighted by Crippen LogP contribution is -2.00. The van der Waals surface area contributed by atoms with Crippen LogP contribution in [-0.4, -0.2) is 6.61 Å². The second-order valence-electron chi connectivity index (χ2n) is 7.27. The quantitative estimate of drug-likeness (QED) is 0.334. The summed E-state index contributed by atoms with van der Waals surface area (Å²) in [6.45, 7) is 4.68. The van der Waals surface area contributed by atoms with Crippen LogP contribution in [0.3, 0.4) is 0 Å². The molecule has 0 aliphatic carbocycles. The predicted octanol–water partition coefficient (Wildman–Crippen LogP) is 7.85. The Balaban J connectivity index is 2.06. The molecule has 0 saturated heterocycles. The van der Waals surface area contributed by atoms with Gasteiger partial charge in [-0.1, -0.05) is 70.6 Å². The molecule has 0 spiro atoms. The minimum Gasteiger partial charge on any atom is -0.491 e. The van der Waals surface area contributed by atoms with Crippen molar-refractivity contribution in [2.75, 3.05) is 6.61 Å². The van der Waals surface area contributed by atoms with Gasteiger partial charge in [-0.15, -0.1) is 0 Å². The molecule has 0 fully saturated rings. The van der Waals surface area contributed by atoms with E-state index in [1.54, 1.807) is 12.1 Å². The van der Waals surface area contributed by atoms with Crippen molar-refractivity contribution < 1.29 is 17.9 Å². The molecular formula is C24H31F3O. The van der Waals surface area contributed by atoms with E-state index in [4.69, 9.17) is 4.74 Å². The molecule has 0 aliphatic rings. The lowest BCUT2D eigenvalue weighted by molar-refractivity contribution is 0.290. The molecule has 1 nitrogen and oxygen atoms in total. The van der Waals surface area contributed by atoms with Gasteiger partial charge in [0.15, 0.2) is 23.2 Å². The van der Waals surface area contributed by atoms with Crippen molar-refractivity contribution in [2.45, 2.75) is 71.6 Å². The lowest BCUT2D eigenvalue weighted by Gasteiger charge is -2.11. The molecule has 0 unspecified atom stereocenters. The summed E-state index contributed by atoms with van der Waals surface area (Å²) in [7, 11) is 0. The molecule has 0 saturated carbocycles. The second-order valence-corrected chi connectivity index (χ2v) is 7.27. The van der Waals surface area contributed by atoms with E-state index in [1.165, 1.54) is 18.2 Å². The Hall–Kier alpha value is -1.97. The lowest BCUT2D eigenvalue weighted by atomic mass is 9.99. The molecule has 28 heavy (non-hydrogen) atoms. The van der Waals surface area contributed by atoms with Crippen molar-refractivity contribution in [1.29, 1.82) is 0 Å². The van der Waals surface area contributed by atoms with Gasteiger partial charge in [-0.25, -0.2) is 13.2 Å². The summed E-state index contributed by atoms with van der Waals surface area (Å²) >= 11 is 0. The van der Waals surface area contributed by atoms with Gasteiger partial charge in [0.25, 0.3) is 0 Å². The number of benzene rings is 2. The maximum atomic E-state index is 14.5. The molecule has 0 radical (unpaired) electrons. The molecule has 2 aromatic carbocycles. The third-order valence-corrected chi connectivity index (χ3v) is 4.96. The SMILES string of the molecule is CCCCCCOc1ccc(-c2ccc(CCCCCC)c(F)c2F)cc1F. The molecule has 2 aromatic rings. The fourth-order valence-electron chi connectivity index (χ4n) is 3.24. The van der Waals surface area contributed by atoms with Crippen LogP contribution in [0.15, 0.2) is 30.3 Å². The monoisotopic (exact) mass is 392 g/mol. The van der Waals surface area contributed by atoms with Crippen LogP contribution in [0.1, 0.15) is 70.8 Å². The Bertz CT molecular complexity index is 743. The number of hydrogen-bond acceptors (Lipinski definition) is 1. The highest BCUT2D eigenvalue weighted by atomic mass is 19.2. The number of ether oxygens (including phenoxy) is 1. The highest BCUT2D eigenvalue weighted by Crippen LogP contribution is 2.30. The molecular weight excluding hydrogens is 361 g/mol. The van der Waals surface area contributed by atoms with Gasteiger partial charge >= 0.3 is 0 Å². The molecule has 0 heterocycles. The zero-order valence-electron chi connectivity index (χ0n) is 17.0. The van der Waals surface area contributed by atoms with Crippen LogP contribution in [0, 0.1) is 17.5 Å². The first kappa shape index (κ1) is 22.3. The predicted molar refractivity (Wildman–Crippen MR) is 109 cm³/mol. The molecule has 2 rings (SSSR count). The standard InChI is InChI=1S/C24H31F3O/c1-3-5-7-9-11-18-12-14-20(24(27)23(18)26)19-13-15-22(21(25)17-19)28-16-10-8-6-4-2/h12-15,17H,3-11,16H2,1-2H3. The summed E-state index contributed by atoms with van der Waals surface area (Å²) < 4.78 is 48.7. The van der Waals surface area contributed by atoms with Crippen LogP contribution in [0.2, 0.25) is 0 Å². The Morgan fingerprint density at radius 2 is 1.46 bits per heavy atom. The van der Waals surface area contributed by atoms with E-state index in [9.17, 15) is 13.2 Å².